The molecule has 0 aliphatic heterocycles. The Morgan fingerprint density at radius 1 is 0.800 bits per heavy atom. The van der Waals surface area contributed by atoms with Crippen LogP contribution in [0.25, 0.3) is 5.53 Å². The van der Waals surface area contributed by atoms with Crippen LogP contribution >= 0.6 is 0 Å². The molecule has 0 saturated heterocycles. The maximum Gasteiger partial charge on any atom is 0.317 e. The van der Waals surface area contributed by atoms with Crippen molar-refractivity contribution >= 4 is 16.5 Å². The van der Waals surface area contributed by atoms with Gasteiger partial charge in [0, 0.05) is 0 Å². The van der Waals surface area contributed by atoms with Gasteiger partial charge < -0.3 is 9.56 Å². The van der Waals surface area contributed by atoms with E-state index in [9.17, 15) is 5.53 Å². The largest absolute Gasteiger partial charge is 0.557 e. The summed E-state index contributed by atoms with van der Waals surface area (Å²) >= 11 is 0. The van der Waals surface area contributed by atoms with E-state index in [2.05, 4.69) is 39.3 Å². The molecule has 0 heterocycles. The third-order valence-electron chi connectivity index (χ3n) is 1.27. The van der Waals surface area contributed by atoms with Crippen LogP contribution in [0, 0.1) is 0 Å². The molecule has 10 heavy (non-hydrogen) atoms. The van der Waals surface area contributed by atoms with Gasteiger partial charge in [-0.05, 0) is 39.3 Å². The molecule has 0 aromatic heterocycles. The van der Waals surface area contributed by atoms with Gasteiger partial charge in [-0.2, -0.15) is 0 Å². The van der Waals surface area contributed by atoms with E-state index in [1.54, 1.807) is 4.03 Å². The van der Waals surface area contributed by atoms with Gasteiger partial charge in [-0.1, -0.05) is 0 Å². The Balaban J connectivity index is 4.40. The van der Waals surface area contributed by atoms with Gasteiger partial charge in [-0.3, -0.25) is 0 Å². The third kappa shape index (κ3) is 2.74. The zero-order valence-electron chi connectivity index (χ0n) is 7.89. The fraction of sp³-hybridized carbons (Fsp3) is 1.00. The molecular formula is C6H18N2Si2. The van der Waals surface area contributed by atoms with Crippen molar-refractivity contribution in [3.63, 3.8) is 0 Å². The van der Waals surface area contributed by atoms with E-state index < -0.39 is 16.5 Å². The van der Waals surface area contributed by atoms with Gasteiger partial charge >= 0.3 is 16.5 Å². The summed E-state index contributed by atoms with van der Waals surface area (Å²) in [7, 11) is -2.89. The van der Waals surface area contributed by atoms with Gasteiger partial charge in [-0.25, -0.2) is 0 Å². The van der Waals surface area contributed by atoms with Crippen LogP contribution in [0.3, 0.4) is 0 Å². The van der Waals surface area contributed by atoms with Crippen molar-refractivity contribution in [1.82, 2.24) is 0 Å². The molecule has 0 rings (SSSR count). The highest BCUT2D eigenvalue weighted by molar-refractivity contribution is 6.80. The van der Waals surface area contributed by atoms with Crippen LogP contribution in [-0.4, -0.2) is 20.5 Å². The molecule has 4 heteroatoms. The monoisotopic (exact) mass is 174 g/mol. The topological polar surface area (TPSA) is 25.3 Å². The van der Waals surface area contributed by atoms with Gasteiger partial charge in [-0.15, -0.1) is 0 Å². The van der Waals surface area contributed by atoms with Crippen LogP contribution in [0.4, 0.5) is 0 Å². The summed E-state index contributed by atoms with van der Waals surface area (Å²) in [6.45, 7) is 12.9. The Morgan fingerprint density at radius 2 is 1.00 bits per heavy atom. The van der Waals surface area contributed by atoms with Crippen LogP contribution in [0.2, 0.25) is 39.3 Å². The standard InChI is InChI=1S/C6H18N2Si2/c1-9(2,3)8(7)10(4,5)6/h1-6H3. The van der Waals surface area contributed by atoms with Crippen LogP contribution < -0.4 is 0 Å². The molecule has 0 N–H and O–H groups in total. The average molecular weight is 174 g/mol. The van der Waals surface area contributed by atoms with Crippen LogP contribution in [0.1, 0.15) is 0 Å². The molecule has 2 nitrogen and oxygen atoms in total. The average Bonchev–Trinajstić information content (AvgIpc) is 1.59. The predicted molar refractivity (Wildman–Crippen MR) is 50.3 cm³/mol. The molecular weight excluding hydrogens is 156 g/mol. The zero-order valence-corrected chi connectivity index (χ0v) is 9.89. The lowest BCUT2D eigenvalue weighted by atomic mass is 11.8. The lowest BCUT2D eigenvalue weighted by molar-refractivity contribution is -0.275. The molecule has 0 aromatic rings. The van der Waals surface area contributed by atoms with Crippen LogP contribution in [-0.2, 0) is 0 Å². The van der Waals surface area contributed by atoms with Gasteiger partial charge in [0.05, 0.1) is 0 Å². The van der Waals surface area contributed by atoms with E-state index in [0.29, 0.717) is 0 Å². The Labute approximate surface area is 65.9 Å². The number of hydrogen-bond acceptors (Lipinski definition) is 0. The van der Waals surface area contributed by atoms with E-state index >= 15 is 0 Å². The van der Waals surface area contributed by atoms with Gasteiger partial charge in [0.2, 0.25) is 0 Å². The SMILES string of the molecule is C[Si](C)(C)[N+](=[N-])[Si](C)(C)C. The molecule has 0 radical (unpaired) electrons. The van der Waals surface area contributed by atoms with Crippen molar-refractivity contribution in [2.75, 3.05) is 0 Å². The third-order valence-corrected chi connectivity index (χ3v) is 7.84. The van der Waals surface area contributed by atoms with Gasteiger partial charge in [0.15, 0.2) is 0 Å². The van der Waals surface area contributed by atoms with Crippen molar-refractivity contribution < 1.29 is 4.03 Å². The van der Waals surface area contributed by atoms with E-state index in [1.807, 2.05) is 0 Å². The van der Waals surface area contributed by atoms with E-state index in [0.717, 1.165) is 0 Å². The molecule has 0 amide bonds. The van der Waals surface area contributed by atoms with Crippen molar-refractivity contribution in [3.05, 3.63) is 5.53 Å². The van der Waals surface area contributed by atoms with Gasteiger partial charge in [0.1, 0.15) is 0 Å². The second-order valence-corrected chi connectivity index (χ2v) is 14.6. The summed E-state index contributed by atoms with van der Waals surface area (Å²) in [6, 6.07) is 0. The molecule has 0 spiro atoms. The first-order valence-electron chi connectivity index (χ1n) is 3.65. The lowest BCUT2D eigenvalue weighted by Crippen LogP contribution is -2.50. The fourth-order valence-electron chi connectivity index (χ4n) is 1.01. The second-order valence-electron chi connectivity index (χ2n) is 4.65. The van der Waals surface area contributed by atoms with E-state index in [4.69, 9.17) is 0 Å². The highest BCUT2D eigenvalue weighted by Crippen LogP contribution is 2.12. The second kappa shape index (κ2) is 2.58. The van der Waals surface area contributed by atoms with Crippen molar-refractivity contribution in [2.24, 2.45) is 0 Å². The highest BCUT2D eigenvalue weighted by atomic mass is 28.4. The molecule has 0 aromatic carbocycles. The van der Waals surface area contributed by atoms with Crippen molar-refractivity contribution in [3.8, 4) is 0 Å². The van der Waals surface area contributed by atoms with Crippen LogP contribution in [0.15, 0.2) is 0 Å². The Bertz CT molecular complexity index is 125. The molecule has 60 valence electrons. The smallest absolute Gasteiger partial charge is 0.317 e. The van der Waals surface area contributed by atoms with E-state index in [-0.39, 0.29) is 0 Å². The first kappa shape index (κ1) is 10.0. The quantitative estimate of drug-likeness (QED) is 0.454. The first-order valence-corrected chi connectivity index (χ1v) is 10.5. The Kier molecular flexibility index (Phi) is 2.59. The molecule has 0 bridgehead atoms. The summed E-state index contributed by atoms with van der Waals surface area (Å²) < 4.78 is 1.65. The van der Waals surface area contributed by atoms with Gasteiger partial charge in [0.25, 0.3) is 0 Å². The summed E-state index contributed by atoms with van der Waals surface area (Å²) in [5.74, 6) is 0. The maximum atomic E-state index is 9.68. The Hall–Kier alpha value is 0.0338. The fourth-order valence-corrected chi connectivity index (χ4v) is 9.06. The minimum atomic E-state index is -1.45. The minimum Gasteiger partial charge on any atom is -0.557 e. The highest BCUT2D eigenvalue weighted by Gasteiger charge is 2.35. The molecule has 0 aliphatic carbocycles. The van der Waals surface area contributed by atoms with E-state index in [1.165, 1.54) is 0 Å². The zero-order chi connectivity index (χ0) is 8.58. The molecule has 0 atom stereocenters. The molecule has 0 fully saturated rings. The van der Waals surface area contributed by atoms with Crippen molar-refractivity contribution in [2.45, 2.75) is 39.3 Å². The Morgan fingerprint density at radius 3 is 1.00 bits per heavy atom. The summed E-state index contributed by atoms with van der Waals surface area (Å²) in [5.41, 5.74) is 9.68. The molecule has 0 saturated carbocycles. The predicted octanol–water partition coefficient (Wildman–Crippen LogP) is 2.69. The summed E-state index contributed by atoms with van der Waals surface area (Å²) in [5, 5.41) is 0. The number of nitrogens with zero attached hydrogens (tertiary/aromatic N) is 2. The minimum absolute atomic E-state index is 1.45. The number of hydrogen-bond donors (Lipinski definition) is 0. The summed E-state index contributed by atoms with van der Waals surface area (Å²) in [6.07, 6.45) is 0. The first-order chi connectivity index (χ1) is 4.15. The summed E-state index contributed by atoms with van der Waals surface area (Å²) in [4.78, 5) is 0. The molecule has 0 aliphatic rings. The number of rotatable bonds is 2. The maximum absolute atomic E-state index is 9.68. The normalized spacial score (nSPS) is 13.4. The van der Waals surface area contributed by atoms with Crippen LogP contribution in [0.5, 0.6) is 0 Å². The lowest BCUT2D eigenvalue weighted by Gasteiger charge is -2.30. The van der Waals surface area contributed by atoms with Crippen molar-refractivity contribution in [1.29, 1.82) is 0 Å². The molecule has 0 unspecified atom stereocenters.